The van der Waals surface area contributed by atoms with Crippen LogP contribution in [-0.2, 0) is 16.1 Å². The third-order valence-electron chi connectivity index (χ3n) is 4.47. The number of anilines is 1. The summed E-state index contributed by atoms with van der Waals surface area (Å²) in [6.07, 6.45) is 1.34. The summed E-state index contributed by atoms with van der Waals surface area (Å²) in [7, 11) is 0. The zero-order chi connectivity index (χ0) is 19.8. The van der Waals surface area contributed by atoms with E-state index in [1.807, 2.05) is 12.1 Å². The van der Waals surface area contributed by atoms with E-state index >= 15 is 0 Å². The molecule has 0 radical (unpaired) electrons. The Hall–Kier alpha value is -3.69. The van der Waals surface area contributed by atoms with Crippen LogP contribution in [0.1, 0.15) is 25.5 Å². The number of rotatable bonds is 4. The first kappa shape index (κ1) is 17.7. The number of nitrogens with zero attached hydrogens (tertiary/aromatic N) is 5. The third kappa shape index (κ3) is 2.88. The van der Waals surface area contributed by atoms with Crippen molar-refractivity contribution >= 4 is 28.8 Å². The summed E-state index contributed by atoms with van der Waals surface area (Å²) in [6, 6.07) is 5.00. The number of carbonyl (C=O) groups excluding carboxylic acids is 1. The standard InChI is InChI=1S/C18H19N7O3/c1-3-27-17(26)9(2)25-16-13(15(19)22-8-23-16)14(24-25)10-4-5-12-11(6-10)7-21-18(20)28-12/h4-6,8-9H,3,7H2,1-2H3,(H2,20,21)(H2,19,22,23). The number of amidine groups is 1. The Bertz CT molecular complexity index is 1110. The second-order valence-corrected chi connectivity index (χ2v) is 6.26. The maximum absolute atomic E-state index is 12.2. The Morgan fingerprint density at radius 2 is 2.18 bits per heavy atom. The van der Waals surface area contributed by atoms with Crippen LogP contribution in [0.15, 0.2) is 29.5 Å². The molecule has 28 heavy (non-hydrogen) atoms. The van der Waals surface area contributed by atoms with E-state index in [0.29, 0.717) is 29.0 Å². The molecule has 0 spiro atoms. The predicted octanol–water partition coefficient (Wildman–Crippen LogP) is 1.41. The minimum atomic E-state index is -0.671. The van der Waals surface area contributed by atoms with Crippen LogP contribution in [0.25, 0.3) is 22.3 Å². The fraction of sp³-hybridized carbons (Fsp3) is 0.278. The van der Waals surface area contributed by atoms with Crippen molar-refractivity contribution in [1.82, 2.24) is 19.7 Å². The molecule has 0 saturated carbocycles. The molecule has 0 fully saturated rings. The molecular weight excluding hydrogens is 362 g/mol. The summed E-state index contributed by atoms with van der Waals surface area (Å²) in [5, 5.41) is 5.19. The number of carbonyl (C=O) groups is 1. The number of hydrogen-bond donors (Lipinski definition) is 2. The largest absolute Gasteiger partial charge is 0.464 e. The number of benzene rings is 1. The maximum Gasteiger partial charge on any atom is 0.330 e. The summed E-state index contributed by atoms with van der Waals surface area (Å²) in [6.45, 7) is 4.13. The van der Waals surface area contributed by atoms with Crippen LogP contribution in [0, 0.1) is 0 Å². The molecule has 0 amide bonds. The second-order valence-electron chi connectivity index (χ2n) is 6.26. The Balaban J connectivity index is 1.86. The van der Waals surface area contributed by atoms with Crippen molar-refractivity contribution in [2.75, 3.05) is 12.3 Å². The van der Waals surface area contributed by atoms with Gasteiger partial charge >= 0.3 is 5.97 Å². The highest BCUT2D eigenvalue weighted by Gasteiger charge is 2.25. The molecule has 0 aliphatic carbocycles. The van der Waals surface area contributed by atoms with Crippen molar-refractivity contribution in [2.45, 2.75) is 26.4 Å². The van der Waals surface area contributed by atoms with E-state index in [9.17, 15) is 4.79 Å². The van der Waals surface area contributed by atoms with Gasteiger partial charge in [-0.3, -0.25) is 0 Å². The topological polar surface area (TPSA) is 144 Å². The quantitative estimate of drug-likeness (QED) is 0.646. The van der Waals surface area contributed by atoms with Crippen LogP contribution in [0.4, 0.5) is 5.82 Å². The number of hydrogen-bond acceptors (Lipinski definition) is 9. The lowest BCUT2D eigenvalue weighted by Crippen LogP contribution is -2.23. The van der Waals surface area contributed by atoms with Gasteiger partial charge < -0.3 is 20.9 Å². The summed E-state index contributed by atoms with van der Waals surface area (Å²) in [5.74, 6) is 0.516. The molecule has 10 nitrogen and oxygen atoms in total. The van der Waals surface area contributed by atoms with Gasteiger partial charge in [0, 0.05) is 11.1 Å². The highest BCUT2D eigenvalue weighted by Crippen LogP contribution is 2.35. The van der Waals surface area contributed by atoms with E-state index in [1.165, 1.54) is 11.0 Å². The molecule has 3 heterocycles. The van der Waals surface area contributed by atoms with Crippen molar-refractivity contribution < 1.29 is 14.3 Å². The van der Waals surface area contributed by atoms with Crippen molar-refractivity contribution in [3.8, 4) is 17.0 Å². The van der Waals surface area contributed by atoms with Gasteiger partial charge in [0.15, 0.2) is 5.65 Å². The van der Waals surface area contributed by atoms with Gasteiger partial charge in [-0.2, -0.15) is 5.10 Å². The minimum Gasteiger partial charge on any atom is -0.464 e. The lowest BCUT2D eigenvalue weighted by Gasteiger charge is -2.15. The first-order chi connectivity index (χ1) is 13.5. The first-order valence-electron chi connectivity index (χ1n) is 8.76. The Morgan fingerprint density at radius 3 is 2.96 bits per heavy atom. The van der Waals surface area contributed by atoms with E-state index in [1.54, 1.807) is 19.9 Å². The number of nitrogens with two attached hydrogens (primary N) is 2. The van der Waals surface area contributed by atoms with E-state index in [4.69, 9.17) is 20.9 Å². The zero-order valence-corrected chi connectivity index (χ0v) is 15.4. The highest BCUT2D eigenvalue weighted by molar-refractivity contribution is 5.99. The number of aromatic nitrogens is 4. The molecule has 144 valence electrons. The number of fused-ring (bicyclic) bond motifs is 2. The number of esters is 1. The van der Waals surface area contributed by atoms with Crippen LogP contribution < -0.4 is 16.2 Å². The van der Waals surface area contributed by atoms with E-state index in [2.05, 4.69) is 20.1 Å². The van der Waals surface area contributed by atoms with Gasteiger partial charge in [-0.05, 0) is 32.0 Å². The number of nitrogen functional groups attached to an aromatic ring is 1. The number of ether oxygens (including phenoxy) is 2. The SMILES string of the molecule is CCOC(=O)C(C)n1nc(-c2ccc3c(c2)CN=C(N)O3)c2c(N)ncnc21. The summed E-state index contributed by atoms with van der Waals surface area (Å²) in [4.78, 5) is 24.7. The summed E-state index contributed by atoms with van der Waals surface area (Å²) in [5.41, 5.74) is 14.4. The molecule has 0 bridgehead atoms. The predicted molar refractivity (Wildman–Crippen MR) is 102 cm³/mol. The maximum atomic E-state index is 12.2. The van der Waals surface area contributed by atoms with Gasteiger partial charge in [0.05, 0.1) is 18.5 Å². The smallest absolute Gasteiger partial charge is 0.330 e. The lowest BCUT2D eigenvalue weighted by atomic mass is 10.0. The molecule has 3 aromatic rings. The van der Waals surface area contributed by atoms with Gasteiger partial charge in [-0.15, -0.1) is 0 Å². The first-order valence-corrected chi connectivity index (χ1v) is 8.76. The van der Waals surface area contributed by atoms with Gasteiger partial charge in [0.2, 0.25) is 0 Å². The molecule has 1 unspecified atom stereocenters. The van der Waals surface area contributed by atoms with Crippen molar-refractivity contribution in [3.05, 3.63) is 30.1 Å². The van der Waals surface area contributed by atoms with Crippen molar-refractivity contribution in [1.29, 1.82) is 0 Å². The normalized spacial score (nSPS) is 14.1. The average Bonchev–Trinajstić information content (AvgIpc) is 3.08. The van der Waals surface area contributed by atoms with Gasteiger partial charge in [0.1, 0.15) is 29.6 Å². The molecular formula is C18H19N7O3. The molecule has 2 aromatic heterocycles. The van der Waals surface area contributed by atoms with Crippen molar-refractivity contribution in [2.24, 2.45) is 10.7 Å². The van der Waals surface area contributed by atoms with E-state index < -0.39 is 12.0 Å². The van der Waals surface area contributed by atoms with Crippen LogP contribution in [0.2, 0.25) is 0 Å². The molecule has 10 heteroatoms. The summed E-state index contributed by atoms with van der Waals surface area (Å²) < 4.78 is 12.1. The molecule has 0 saturated heterocycles. The fourth-order valence-corrected chi connectivity index (χ4v) is 3.09. The Morgan fingerprint density at radius 1 is 1.36 bits per heavy atom. The zero-order valence-electron chi connectivity index (χ0n) is 15.4. The third-order valence-corrected chi connectivity index (χ3v) is 4.47. The molecule has 4 N–H and O–H groups in total. The Labute approximate surface area is 160 Å². The van der Waals surface area contributed by atoms with Crippen LogP contribution in [-0.4, -0.2) is 38.3 Å². The molecule has 1 aromatic carbocycles. The van der Waals surface area contributed by atoms with Crippen LogP contribution >= 0.6 is 0 Å². The molecule has 4 rings (SSSR count). The van der Waals surface area contributed by atoms with Gasteiger partial charge in [0.25, 0.3) is 6.02 Å². The van der Waals surface area contributed by atoms with Crippen LogP contribution in [0.3, 0.4) is 0 Å². The monoisotopic (exact) mass is 381 g/mol. The van der Waals surface area contributed by atoms with E-state index in [0.717, 1.165) is 11.1 Å². The summed E-state index contributed by atoms with van der Waals surface area (Å²) >= 11 is 0. The average molecular weight is 381 g/mol. The number of aliphatic imine (C=N–C) groups is 1. The van der Waals surface area contributed by atoms with Crippen molar-refractivity contribution in [3.63, 3.8) is 0 Å². The highest BCUT2D eigenvalue weighted by atomic mass is 16.5. The lowest BCUT2D eigenvalue weighted by molar-refractivity contribution is -0.146. The minimum absolute atomic E-state index is 0.135. The van der Waals surface area contributed by atoms with E-state index in [-0.39, 0.29) is 18.4 Å². The molecule has 1 aliphatic heterocycles. The van der Waals surface area contributed by atoms with Gasteiger partial charge in [-0.1, -0.05) is 0 Å². The molecule has 1 aliphatic rings. The fourth-order valence-electron chi connectivity index (χ4n) is 3.09. The second kappa shape index (κ2) is 6.80. The molecule has 1 atom stereocenters. The van der Waals surface area contributed by atoms with Crippen LogP contribution in [0.5, 0.6) is 5.75 Å². The Kier molecular flexibility index (Phi) is 4.30. The van der Waals surface area contributed by atoms with Gasteiger partial charge in [-0.25, -0.2) is 24.4 Å².